The van der Waals surface area contributed by atoms with Crippen molar-refractivity contribution in [3.8, 4) is 0 Å². The average molecular weight is 367 g/mol. The molecule has 6 heteroatoms. The highest BCUT2D eigenvalue weighted by atomic mass is 16.2. The van der Waals surface area contributed by atoms with E-state index in [-0.39, 0.29) is 11.9 Å². The maximum absolute atomic E-state index is 12.8. The Balaban J connectivity index is 1.30. The quantitative estimate of drug-likeness (QED) is 0.843. The number of hydrogen-bond donors (Lipinski definition) is 2. The molecular weight excluding hydrogens is 338 g/mol. The second-order valence-electron chi connectivity index (χ2n) is 8.13. The zero-order chi connectivity index (χ0) is 18.7. The van der Waals surface area contributed by atoms with E-state index in [0.29, 0.717) is 12.0 Å². The summed E-state index contributed by atoms with van der Waals surface area (Å²) < 4.78 is 1.92. The number of carbonyl (C=O) groups excluding carboxylic acids is 1. The van der Waals surface area contributed by atoms with E-state index in [4.69, 9.17) is 0 Å². The van der Waals surface area contributed by atoms with Crippen LogP contribution in [-0.4, -0.2) is 53.3 Å². The molecular formula is C21H29N5O. The van der Waals surface area contributed by atoms with Crippen LogP contribution in [0.25, 0.3) is 0 Å². The highest BCUT2D eigenvalue weighted by Gasteiger charge is 2.45. The second kappa shape index (κ2) is 7.82. The number of hydrogen-bond acceptors (Lipinski definition) is 4. The minimum atomic E-state index is -0.0116. The topological polar surface area (TPSA) is 62.2 Å². The van der Waals surface area contributed by atoms with Crippen LogP contribution in [0, 0.1) is 5.41 Å². The summed E-state index contributed by atoms with van der Waals surface area (Å²) in [5, 5.41) is 11.0. The van der Waals surface area contributed by atoms with Crippen molar-refractivity contribution in [3.05, 3.63) is 53.9 Å². The summed E-state index contributed by atoms with van der Waals surface area (Å²) in [6, 6.07) is 10.3. The largest absolute Gasteiger partial charge is 0.351 e. The fraction of sp³-hybridized carbons (Fsp3) is 0.524. The lowest BCUT2D eigenvalue weighted by Gasteiger charge is -2.33. The molecule has 2 saturated heterocycles. The van der Waals surface area contributed by atoms with Crippen molar-refractivity contribution in [1.29, 1.82) is 0 Å². The van der Waals surface area contributed by atoms with Crippen molar-refractivity contribution >= 4 is 5.91 Å². The van der Waals surface area contributed by atoms with Gasteiger partial charge in [-0.25, -0.2) is 0 Å². The molecule has 2 aromatic rings. The molecule has 2 fully saturated rings. The van der Waals surface area contributed by atoms with Crippen molar-refractivity contribution in [3.63, 3.8) is 0 Å². The van der Waals surface area contributed by atoms with Crippen molar-refractivity contribution in [2.45, 2.75) is 38.4 Å². The van der Waals surface area contributed by atoms with E-state index < -0.39 is 0 Å². The van der Waals surface area contributed by atoms with Crippen LogP contribution >= 0.6 is 0 Å². The van der Waals surface area contributed by atoms with Gasteiger partial charge in [0, 0.05) is 24.8 Å². The highest BCUT2D eigenvalue weighted by Crippen LogP contribution is 2.41. The predicted octanol–water partition coefficient (Wildman–Crippen LogP) is 1.62. The van der Waals surface area contributed by atoms with Crippen LogP contribution in [0.5, 0.6) is 0 Å². The molecule has 1 aromatic carbocycles. The van der Waals surface area contributed by atoms with Crippen LogP contribution in [-0.2, 0) is 17.9 Å². The Bertz CT molecular complexity index is 766. The first kappa shape index (κ1) is 18.2. The Labute approximate surface area is 160 Å². The lowest BCUT2D eigenvalue weighted by molar-refractivity contribution is -0.125. The van der Waals surface area contributed by atoms with Gasteiger partial charge in [0.15, 0.2) is 0 Å². The number of likely N-dealkylation sites (N-methyl/N-ethyl adjacent to an activating group) is 1. The molecule has 27 heavy (non-hydrogen) atoms. The number of nitrogens with zero attached hydrogens (tertiary/aromatic N) is 3. The third-order valence-electron chi connectivity index (χ3n) is 6.05. The first-order chi connectivity index (χ1) is 13.1. The number of likely N-dealkylation sites (tertiary alicyclic amines) is 1. The van der Waals surface area contributed by atoms with Crippen molar-refractivity contribution in [2.24, 2.45) is 5.41 Å². The molecule has 144 valence electrons. The van der Waals surface area contributed by atoms with Crippen molar-refractivity contribution in [2.75, 3.05) is 26.7 Å². The summed E-state index contributed by atoms with van der Waals surface area (Å²) in [4.78, 5) is 15.0. The number of nitrogens with one attached hydrogen (secondary N) is 2. The number of rotatable bonds is 5. The molecule has 2 N–H and O–H groups in total. The molecule has 0 aliphatic carbocycles. The third-order valence-corrected chi connectivity index (χ3v) is 6.05. The van der Waals surface area contributed by atoms with Gasteiger partial charge in [0.05, 0.1) is 18.8 Å². The fourth-order valence-corrected chi connectivity index (χ4v) is 4.54. The summed E-state index contributed by atoms with van der Waals surface area (Å²) in [5.74, 6) is 0.142. The number of carbonyl (C=O) groups is 1. The lowest BCUT2D eigenvalue weighted by Crippen LogP contribution is -2.41. The molecule has 4 rings (SSSR count). The predicted molar refractivity (Wildman–Crippen MR) is 105 cm³/mol. The van der Waals surface area contributed by atoms with Crippen molar-refractivity contribution < 1.29 is 4.79 Å². The Kier molecular flexibility index (Phi) is 5.27. The van der Waals surface area contributed by atoms with Gasteiger partial charge in [0.25, 0.3) is 0 Å². The zero-order valence-electron chi connectivity index (χ0n) is 16.0. The number of piperidine rings is 1. The molecule has 0 bridgehead atoms. The Morgan fingerprint density at radius 1 is 1.26 bits per heavy atom. The van der Waals surface area contributed by atoms with E-state index in [2.05, 4.69) is 39.8 Å². The maximum atomic E-state index is 12.8. The summed E-state index contributed by atoms with van der Waals surface area (Å²) in [6.45, 7) is 4.45. The van der Waals surface area contributed by atoms with Gasteiger partial charge in [0.1, 0.15) is 0 Å². The van der Waals surface area contributed by atoms with Crippen molar-refractivity contribution in [1.82, 2.24) is 25.3 Å². The molecule has 0 saturated carbocycles. The zero-order valence-corrected chi connectivity index (χ0v) is 16.0. The maximum Gasteiger partial charge on any atom is 0.237 e. The van der Waals surface area contributed by atoms with Crippen LogP contribution in [0.2, 0.25) is 0 Å². The number of benzene rings is 1. The minimum absolute atomic E-state index is 0.0116. The highest BCUT2D eigenvalue weighted by molar-refractivity contribution is 5.82. The number of aromatic nitrogens is 2. The van der Waals surface area contributed by atoms with Gasteiger partial charge >= 0.3 is 0 Å². The first-order valence-electron chi connectivity index (χ1n) is 9.88. The van der Waals surface area contributed by atoms with E-state index in [1.54, 1.807) is 0 Å². The third kappa shape index (κ3) is 4.22. The van der Waals surface area contributed by atoms with E-state index in [1.807, 2.05) is 35.3 Å². The van der Waals surface area contributed by atoms with Gasteiger partial charge in [-0.3, -0.25) is 14.4 Å². The fourth-order valence-electron chi connectivity index (χ4n) is 4.54. The van der Waals surface area contributed by atoms with Gasteiger partial charge in [-0.15, -0.1) is 0 Å². The van der Waals surface area contributed by atoms with Crippen LogP contribution < -0.4 is 10.6 Å². The van der Waals surface area contributed by atoms with Crippen LogP contribution in [0.4, 0.5) is 0 Å². The Hall–Kier alpha value is -2.18. The van der Waals surface area contributed by atoms with Crippen LogP contribution in [0.3, 0.4) is 0 Å². The van der Waals surface area contributed by atoms with Crippen LogP contribution in [0.1, 0.15) is 30.4 Å². The minimum Gasteiger partial charge on any atom is -0.351 e. The van der Waals surface area contributed by atoms with Gasteiger partial charge in [-0.05, 0) is 50.4 Å². The molecule has 1 amide bonds. The summed E-state index contributed by atoms with van der Waals surface area (Å²) in [5.41, 5.74) is 2.58. The molecule has 3 heterocycles. The van der Waals surface area contributed by atoms with E-state index in [0.717, 1.165) is 38.2 Å². The molecule has 0 radical (unpaired) electrons. The first-order valence-corrected chi connectivity index (χ1v) is 9.88. The van der Waals surface area contributed by atoms with Gasteiger partial charge in [-0.2, -0.15) is 5.10 Å². The monoisotopic (exact) mass is 367 g/mol. The van der Waals surface area contributed by atoms with E-state index in [9.17, 15) is 4.79 Å². The van der Waals surface area contributed by atoms with E-state index >= 15 is 0 Å². The molecule has 2 aliphatic rings. The molecule has 1 atom stereocenters. The summed E-state index contributed by atoms with van der Waals surface area (Å²) in [7, 11) is 2.08. The summed E-state index contributed by atoms with van der Waals surface area (Å²) in [6.07, 6.45) is 7.18. The van der Waals surface area contributed by atoms with Crippen LogP contribution in [0.15, 0.2) is 42.7 Å². The molecule has 1 aromatic heterocycles. The van der Waals surface area contributed by atoms with Gasteiger partial charge < -0.3 is 10.6 Å². The molecule has 2 aliphatic heterocycles. The lowest BCUT2D eigenvalue weighted by atomic mass is 9.77. The smallest absolute Gasteiger partial charge is 0.237 e. The molecule has 0 unspecified atom stereocenters. The standard InChI is InChI=1S/C21H29N5O/c1-25-16-21(7-9-22-10-8-21)11-19(25)20(27)23-12-18-13-24-26(15-18)14-17-5-3-2-4-6-17/h2-6,13,15,19,22H,7-12,14,16H2,1H3,(H,23,27)/t19-/m1/s1. The van der Waals surface area contributed by atoms with Gasteiger partial charge in [0.2, 0.25) is 5.91 Å². The van der Waals surface area contributed by atoms with Gasteiger partial charge in [-0.1, -0.05) is 30.3 Å². The summed E-state index contributed by atoms with van der Waals surface area (Å²) >= 11 is 0. The Morgan fingerprint density at radius 2 is 2.04 bits per heavy atom. The average Bonchev–Trinajstić information content (AvgIpc) is 3.25. The molecule has 6 nitrogen and oxygen atoms in total. The molecule has 1 spiro atoms. The SMILES string of the molecule is CN1CC2(CCNCC2)C[C@@H]1C(=O)NCc1cnn(Cc2ccccc2)c1. The normalized spacial score (nSPS) is 22.2. The Morgan fingerprint density at radius 3 is 2.81 bits per heavy atom. The number of amides is 1. The second-order valence-corrected chi connectivity index (χ2v) is 8.13. The van der Waals surface area contributed by atoms with E-state index in [1.165, 1.54) is 18.4 Å².